The molecule has 2 fully saturated rings. The van der Waals surface area contributed by atoms with E-state index in [9.17, 15) is 14.4 Å². The smallest absolute Gasteiger partial charge is 0.408 e. The molecule has 1 saturated heterocycles. The Bertz CT molecular complexity index is 1170. The van der Waals surface area contributed by atoms with Crippen LogP contribution >= 0.6 is 0 Å². The molecule has 44 heavy (non-hydrogen) atoms. The largest absolute Gasteiger partial charge is 0.444 e. The molecule has 1 heterocycles. The topological polar surface area (TPSA) is 82.2 Å². The summed E-state index contributed by atoms with van der Waals surface area (Å²) in [7, 11) is 3.82. The molecule has 242 valence electrons. The Morgan fingerprint density at radius 3 is 2.05 bits per heavy atom. The molecule has 0 radical (unpaired) electrons. The number of hydrogen-bond donors (Lipinski definition) is 1. The first kappa shape index (κ1) is 35.1. The fourth-order valence-corrected chi connectivity index (χ4v) is 6.22. The summed E-state index contributed by atoms with van der Waals surface area (Å²) in [6.07, 6.45) is 7.05. The van der Waals surface area contributed by atoms with Crippen LogP contribution in [0.15, 0.2) is 60.7 Å². The summed E-state index contributed by atoms with van der Waals surface area (Å²) in [6.45, 7) is 10.0. The summed E-state index contributed by atoms with van der Waals surface area (Å²) in [5.41, 5.74) is 1.75. The standard InChI is InChI=1S/C25H39N3O3.C11H15NO/c1-25(2,3)31-24(30)26-21(18-27(4)17-19-11-6-5-7-12-19)23(29)28-16-10-14-20-13-8-9-15-22(20)28;1-3-11(13)12(2)9-10-7-5-4-6-8-10/h5-7,11-12,20-22H,8-10,13-18H2,1-4H3,(H,26,30);4-8H,3,9H2,1-2H3/t20-,21+,22-;/m0./s1. The lowest BCUT2D eigenvalue weighted by atomic mass is 9.78. The molecule has 2 aromatic carbocycles. The molecule has 0 aromatic heterocycles. The average molecular weight is 607 g/mol. The number of ether oxygens (including phenoxy) is 1. The summed E-state index contributed by atoms with van der Waals surface area (Å²) in [6, 6.07) is 19.9. The molecule has 1 N–H and O–H groups in total. The van der Waals surface area contributed by atoms with Gasteiger partial charge in [-0.2, -0.15) is 0 Å². The maximum atomic E-state index is 13.7. The number of amides is 3. The maximum Gasteiger partial charge on any atom is 0.408 e. The van der Waals surface area contributed by atoms with E-state index in [0.29, 0.717) is 38.0 Å². The Hall–Kier alpha value is -3.39. The van der Waals surface area contributed by atoms with Crippen molar-refractivity contribution in [3.8, 4) is 0 Å². The van der Waals surface area contributed by atoms with Gasteiger partial charge in [0, 0.05) is 45.7 Å². The van der Waals surface area contributed by atoms with Gasteiger partial charge in [-0.3, -0.25) is 14.5 Å². The van der Waals surface area contributed by atoms with Gasteiger partial charge in [0.1, 0.15) is 11.6 Å². The Morgan fingerprint density at radius 1 is 0.886 bits per heavy atom. The SMILES string of the molecule is CCC(=O)N(C)Cc1ccccc1.CN(Cc1ccccc1)C[C@@H](NC(=O)OC(C)(C)C)C(=O)N1CCC[C@@H]2CCCC[C@@H]21. The predicted octanol–water partition coefficient (Wildman–Crippen LogP) is 6.25. The number of benzene rings is 2. The van der Waals surface area contributed by atoms with Crippen molar-refractivity contribution in [2.45, 2.75) is 103 Å². The highest BCUT2D eigenvalue weighted by Gasteiger charge is 2.39. The number of nitrogens with one attached hydrogen (secondary N) is 1. The van der Waals surface area contributed by atoms with E-state index in [0.717, 1.165) is 19.4 Å². The molecule has 1 saturated carbocycles. The third-order valence-electron chi connectivity index (χ3n) is 8.30. The van der Waals surface area contributed by atoms with Crippen molar-refractivity contribution >= 4 is 17.9 Å². The number of carbonyl (C=O) groups is 3. The lowest BCUT2D eigenvalue weighted by Crippen LogP contribution is -2.59. The Labute approximate surface area is 265 Å². The summed E-state index contributed by atoms with van der Waals surface area (Å²) in [5, 5.41) is 2.89. The number of hydrogen-bond acceptors (Lipinski definition) is 5. The van der Waals surface area contributed by atoms with Crippen LogP contribution in [0.25, 0.3) is 0 Å². The van der Waals surface area contributed by atoms with E-state index in [1.54, 1.807) is 4.90 Å². The van der Waals surface area contributed by atoms with Crippen LogP contribution in [-0.2, 0) is 27.4 Å². The summed E-state index contributed by atoms with van der Waals surface area (Å²) in [4.78, 5) is 43.4. The summed E-state index contributed by atoms with van der Waals surface area (Å²) in [5.74, 6) is 0.821. The normalized spacial score (nSPS) is 18.8. The molecular weight excluding hydrogens is 552 g/mol. The average Bonchev–Trinajstić information content (AvgIpc) is 3.00. The van der Waals surface area contributed by atoms with Crippen molar-refractivity contribution in [2.75, 3.05) is 27.2 Å². The number of likely N-dealkylation sites (tertiary alicyclic amines) is 1. The maximum absolute atomic E-state index is 13.7. The van der Waals surface area contributed by atoms with Gasteiger partial charge in [-0.25, -0.2) is 4.79 Å². The zero-order valence-corrected chi connectivity index (χ0v) is 27.8. The Balaban J connectivity index is 0.000000340. The summed E-state index contributed by atoms with van der Waals surface area (Å²) < 4.78 is 5.47. The number of piperidine rings is 1. The van der Waals surface area contributed by atoms with Crippen LogP contribution in [0, 0.1) is 5.92 Å². The molecule has 0 spiro atoms. The highest BCUT2D eigenvalue weighted by molar-refractivity contribution is 5.86. The lowest BCUT2D eigenvalue weighted by molar-refractivity contribution is -0.140. The van der Waals surface area contributed by atoms with Crippen LogP contribution in [0.3, 0.4) is 0 Å². The minimum Gasteiger partial charge on any atom is -0.444 e. The van der Waals surface area contributed by atoms with Crippen LogP contribution in [0.2, 0.25) is 0 Å². The number of alkyl carbamates (subject to hydrolysis) is 1. The third kappa shape index (κ3) is 11.6. The van der Waals surface area contributed by atoms with Gasteiger partial charge in [-0.05, 0) is 70.5 Å². The van der Waals surface area contributed by atoms with Crippen molar-refractivity contribution in [3.63, 3.8) is 0 Å². The molecule has 4 rings (SSSR count). The van der Waals surface area contributed by atoms with Crippen molar-refractivity contribution in [2.24, 2.45) is 5.92 Å². The first-order valence-corrected chi connectivity index (χ1v) is 16.3. The van der Waals surface area contributed by atoms with Crippen molar-refractivity contribution in [3.05, 3.63) is 71.8 Å². The van der Waals surface area contributed by atoms with Gasteiger partial charge >= 0.3 is 6.09 Å². The molecule has 8 nitrogen and oxygen atoms in total. The molecule has 0 unspecified atom stereocenters. The zero-order chi connectivity index (χ0) is 32.1. The summed E-state index contributed by atoms with van der Waals surface area (Å²) >= 11 is 0. The molecule has 0 bridgehead atoms. The fraction of sp³-hybridized carbons (Fsp3) is 0.583. The second-order valence-corrected chi connectivity index (χ2v) is 13.3. The highest BCUT2D eigenvalue weighted by Crippen LogP contribution is 2.35. The zero-order valence-electron chi connectivity index (χ0n) is 27.8. The van der Waals surface area contributed by atoms with Gasteiger partial charge in [-0.15, -0.1) is 0 Å². The van der Waals surface area contributed by atoms with E-state index in [2.05, 4.69) is 27.2 Å². The van der Waals surface area contributed by atoms with Gasteiger partial charge in [0.05, 0.1) is 0 Å². The van der Waals surface area contributed by atoms with Crippen LogP contribution in [0.1, 0.15) is 83.8 Å². The predicted molar refractivity (Wildman–Crippen MR) is 176 cm³/mol. The number of likely N-dealkylation sites (N-methyl/N-ethyl adjacent to an activating group) is 1. The second-order valence-electron chi connectivity index (χ2n) is 13.3. The first-order valence-electron chi connectivity index (χ1n) is 16.3. The molecule has 1 aliphatic heterocycles. The molecule has 3 amide bonds. The fourth-order valence-electron chi connectivity index (χ4n) is 6.22. The van der Waals surface area contributed by atoms with E-state index in [-0.39, 0.29) is 11.8 Å². The number of fused-ring (bicyclic) bond motifs is 1. The van der Waals surface area contributed by atoms with Gasteiger partial charge in [-0.1, -0.05) is 80.4 Å². The van der Waals surface area contributed by atoms with E-state index >= 15 is 0 Å². The minimum absolute atomic E-state index is 0.0300. The number of rotatable bonds is 9. The van der Waals surface area contributed by atoms with Crippen LogP contribution in [-0.4, -0.2) is 77.5 Å². The molecule has 1 aliphatic carbocycles. The quantitative estimate of drug-likeness (QED) is 0.365. The minimum atomic E-state index is -0.621. The number of carbonyl (C=O) groups excluding carboxylic acids is 3. The Morgan fingerprint density at radius 2 is 1.45 bits per heavy atom. The van der Waals surface area contributed by atoms with Gasteiger partial charge in [0.15, 0.2) is 0 Å². The van der Waals surface area contributed by atoms with Crippen LogP contribution in [0.5, 0.6) is 0 Å². The molecule has 3 atom stereocenters. The monoisotopic (exact) mass is 606 g/mol. The molecular formula is C36H54N4O4. The molecule has 2 aliphatic rings. The molecule has 8 heteroatoms. The van der Waals surface area contributed by atoms with Gasteiger partial charge < -0.3 is 19.9 Å². The van der Waals surface area contributed by atoms with E-state index in [4.69, 9.17) is 4.74 Å². The first-order chi connectivity index (χ1) is 21.0. The Kier molecular flexibility index (Phi) is 13.7. The highest BCUT2D eigenvalue weighted by atomic mass is 16.6. The third-order valence-corrected chi connectivity index (χ3v) is 8.30. The van der Waals surface area contributed by atoms with Crippen molar-refractivity contribution in [1.82, 2.24) is 20.0 Å². The van der Waals surface area contributed by atoms with Gasteiger partial charge in [0.25, 0.3) is 0 Å². The van der Waals surface area contributed by atoms with Crippen LogP contribution < -0.4 is 5.32 Å². The van der Waals surface area contributed by atoms with Crippen molar-refractivity contribution in [1.29, 1.82) is 0 Å². The van der Waals surface area contributed by atoms with E-state index < -0.39 is 17.7 Å². The van der Waals surface area contributed by atoms with Crippen LogP contribution in [0.4, 0.5) is 4.79 Å². The second kappa shape index (κ2) is 17.2. The van der Waals surface area contributed by atoms with Gasteiger partial charge in [0.2, 0.25) is 11.8 Å². The molecule has 2 aromatic rings. The van der Waals surface area contributed by atoms with E-state index in [1.165, 1.54) is 36.8 Å². The lowest BCUT2D eigenvalue weighted by Gasteiger charge is -2.45. The van der Waals surface area contributed by atoms with Crippen molar-refractivity contribution < 1.29 is 19.1 Å². The van der Waals surface area contributed by atoms with E-state index in [1.807, 2.05) is 90.3 Å². The number of nitrogens with zero attached hydrogens (tertiary/aromatic N) is 3.